The Morgan fingerprint density at radius 1 is 1.41 bits per heavy atom. The van der Waals surface area contributed by atoms with Crippen molar-refractivity contribution in [1.82, 2.24) is 15.2 Å². The Kier molecular flexibility index (Phi) is 2.98. The van der Waals surface area contributed by atoms with Crippen molar-refractivity contribution in [2.24, 2.45) is 11.3 Å². The van der Waals surface area contributed by atoms with Crippen molar-refractivity contribution in [1.29, 1.82) is 0 Å². The van der Waals surface area contributed by atoms with E-state index in [4.69, 9.17) is 0 Å². The molecular formula is C17H19N3OS. The number of nitrogens with zero attached hydrogens (tertiary/aromatic N) is 2. The van der Waals surface area contributed by atoms with Crippen molar-refractivity contribution < 1.29 is 4.79 Å². The van der Waals surface area contributed by atoms with Crippen LogP contribution in [0, 0.1) is 11.3 Å². The summed E-state index contributed by atoms with van der Waals surface area (Å²) in [4.78, 5) is 16.9. The smallest absolute Gasteiger partial charge is 0.183 e. The van der Waals surface area contributed by atoms with E-state index in [0.29, 0.717) is 5.78 Å². The Labute approximate surface area is 134 Å². The number of hydrogen-bond acceptors (Lipinski definition) is 4. The van der Waals surface area contributed by atoms with Crippen molar-refractivity contribution in [2.45, 2.75) is 38.8 Å². The van der Waals surface area contributed by atoms with Gasteiger partial charge in [-0.25, -0.2) is 4.98 Å². The first-order valence-electron chi connectivity index (χ1n) is 7.70. The van der Waals surface area contributed by atoms with Gasteiger partial charge >= 0.3 is 0 Å². The molecule has 4 nitrogen and oxygen atoms in total. The zero-order chi connectivity index (χ0) is 15.5. The van der Waals surface area contributed by atoms with E-state index >= 15 is 0 Å². The number of thioether (sulfide) groups is 1. The van der Waals surface area contributed by atoms with E-state index in [0.717, 1.165) is 29.3 Å². The normalized spacial score (nSPS) is 25.9. The molecule has 1 aromatic heterocycles. The first-order chi connectivity index (χ1) is 10.5. The van der Waals surface area contributed by atoms with Crippen molar-refractivity contribution >= 4 is 17.5 Å². The van der Waals surface area contributed by atoms with Crippen LogP contribution in [0.2, 0.25) is 0 Å². The largest absolute Gasteiger partial charge is 0.294 e. The first kappa shape index (κ1) is 14.0. The number of hydrogen-bond donors (Lipinski definition) is 1. The Balaban J connectivity index is 1.71. The fraction of sp³-hybridized carbons (Fsp3) is 0.471. The number of fused-ring (bicyclic) bond motifs is 1. The fourth-order valence-electron chi connectivity index (χ4n) is 3.95. The van der Waals surface area contributed by atoms with Gasteiger partial charge in [-0.05, 0) is 49.5 Å². The Morgan fingerprint density at radius 3 is 2.82 bits per heavy atom. The van der Waals surface area contributed by atoms with Crippen molar-refractivity contribution in [3.8, 4) is 0 Å². The summed E-state index contributed by atoms with van der Waals surface area (Å²) in [5, 5.41) is 7.59. The second kappa shape index (κ2) is 4.69. The molecular weight excluding hydrogens is 294 g/mol. The highest BCUT2D eigenvalue weighted by Crippen LogP contribution is 2.63. The maximum atomic E-state index is 12.8. The highest BCUT2D eigenvalue weighted by atomic mass is 32.2. The molecule has 1 spiro atoms. The minimum atomic E-state index is 0.136. The van der Waals surface area contributed by atoms with Crippen molar-refractivity contribution in [3.63, 3.8) is 0 Å². The van der Waals surface area contributed by atoms with E-state index in [1.807, 2.05) is 0 Å². The second-order valence-corrected chi connectivity index (χ2v) is 7.51. The molecule has 0 amide bonds. The summed E-state index contributed by atoms with van der Waals surface area (Å²) in [5.74, 6) is 1.29. The highest BCUT2D eigenvalue weighted by molar-refractivity contribution is 7.99. The number of allylic oxidation sites excluding steroid dienone is 5. The van der Waals surface area contributed by atoms with Crippen LogP contribution in [-0.2, 0) is 4.79 Å². The molecule has 5 heteroatoms. The van der Waals surface area contributed by atoms with Gasteiger partial charge in [0.1, 0.15) is 6.33 Å². The highest BCUT2D eigenvalue weighted by Gasteiger charge is 2.56. The van der Waals surface area contributed by atoms with Crippen molar-refractivity contribution in [3.05, 3.63) is 40.3 Å². The molecule has 0 radical (unpaired) electrons. The lowest BCUT2D eigenvalue weighted by molar-refractivity contribution is -0.120. The monoisotopic (exact) mass is 313 g/mol. The standard InChI is InChI=1S/C17H19N3OS/c1-9-6-12-14(13(9)7-22-16-18-8-19-20-16)10(2)17(4-5-17)11(3)15(12)21/h6,8,11H,4-5,7H2,1-3H3,(H,18,19,20)/t11-/m1/s1. The summed E-state index contributed by atoms with van der Waals surface area (Å²) in [7, 11) is 0. The van der Waals surface area contributed by atoms with Crippen LogP contribution in [0.5, 0.6) is 0 Å². The molecule has 0 unspecified atom stereocenters. The third-order valence-corrected chi connectivity index (χ3v) is 6.46. The topological polar surface area (TPSA) is 58.6 Å². The number of carbonyl (C=O) groups excluding carboxylic acids is 1. The second-order valence-electron chi connectivity index (χ2n) is 6.54. The van der Waals surface area contributed by atoms with E-state index in [9.17, 15) is 4.79 Å². The molecule has 114 valence electrons. The molecule has 0 aromatic carbocycles. The van der Waals surface area contributed by atoms with E-state index in [2.05, 4.69) is 42.0 Å². The summed E-state index contributed by atoms with van der Waals surface area (Å²) >= 11 is 1.64. The molecule has 1 heterocycles. The minimum absolute atomic E-state index is 0.136. The van der Waals surface area contributed by atoms with Crippen LogP contribution in [0.15, 0.2) is 45.4 Å². The minimum Gasteiger partial charge on any atom is -0.294 e. The van der Waals surface area contributed by atoms with Gasteiger partial charge in [-0.3, -0.25) is 9.89 Å². The van der Waals surface area contributed by atoms with Crippen LogP contribution in [0.3, 0.4) is 0 Å². The number of carbonyl (C=O) groups is 1. The van der Waals surface area contributed by atoms with Crippen LogP contribution in [0.25, 0.3) is 0 Å². The van der Waals surface area contributed by atoms with E-state index in [1.165, 1.54) is 28.6 Å². The average Bonchev–Trinajstić information content (AvgIpc) is 3.00. The van der Waals surface area contributed by atoms with Gasteiger partial charge in [-0.15, -0.1) is 0 Å². The summed E-state index contributed by atoms with van der Waals surface area (Å²) in [6.07, 6.45) is 5.93. The number of H-pyrrole nitrogens is 1. The lowest BCUT2D eigenvalue weighted by atomic mass is 9.70. The summed E-state index contributed by atoms with van der Waals surface area (Å²) in [5.41, 5.74) is 6.25. The van der Waals surface area contributed by atoms with E-state index in [1.54, 1.807) is 11.8 Å². The zero-order valence-electron chi connectivity index (χ0n) is 13.1. The number of rotatable bonds is 3. The maximum absolute atomic E-state index is 12.8. The molecule has 1 saturated carbocycles. The van der Waals surface area contributed by atoms with Gasteiger partial charge in [0, 0.05) is 22.7 Å². The van der Waals surface area contributed by atoms with Gasteiger partial charge in [0.15, 0.2) is 10.9 Å². The molecule has 22 heavy (non-hydrogen) atoms. The first-order valence-corrected chi connectivity index (χ1v) is 8.69. The molecule has 1 N–H and O–H groups in total. The van der Waals surface area contributed by atoms with Crippen LogP contribution in [-0.4, -0.2) is 26.7 Å². The average molecular weight is 313 g/mol. The molecule has 1 aromatic rings. The Bertz CT molecular complexity index is 751. The number of nitrogens with one attached hydrogen (secondary N) is 1. The summed E-state index contributed by atoms with van der Waals surface area (Å²) in [6.45, 7) is 6.45. The van der Waals surface area contributed by atoms with Gasteiger partial charge in [-0.1, -0.05) is 24.3 Å². The summed E-state index contributed by atoms with van der Waals surface area (Å²) < 4.78 is 0. The lowest BCUT2D eigenvalue weighted by Gasteiger charge is -2.32. The van der Waals surface area contributed by atoms with Gasteiger partial charge in [0.05, 0.1) is 0 Å². The number of aromatic nitrogens is 3. The molecule has 0 aliphatic heterocycles. The van der Waals surface area contributed by atoms with Crippen LogP contribution in [0.1, 0.15) is 33.6 Å². The quantitative estimate of drug-likeness (QED) is 0.868. The summed E-state index contributed by atoms with van der Waals surface area (Å²) in [6, 6.07) is 0. The lowest BCUT2D eigenvalue weighted by Crippen LogP contribution is -2.31. The molecule has 3 aliphatic carbocycles. The number of aromatic amines is 1. The molecule has 1 atom stereocenters. The predicted octanol–water partition coefficient (Wildman–Crippen LogP) is 3.47. The molecule has 0 saturated heterocycles. The maximum Gasteiger partial charge on any atom is 0.183 e. The SMILES string of the molecule is CC1=C(CSc2ncn[nH]2)C2=C(C)C3(CC3)[C@H](C)C(=O)C2=C1. The zero-order valence-corrected chi connectivity index (χ0v) is 13.9. The van der Waals surface area contributed by atoms with Gasteiger partial charge in [-0.2, -0.15) is 5.10 Å². The van der Waals surface area contributed by atoms with Crippen molar-refractivity contribution in [2.75, 3.05) is 5.75 Å². The van der Waals surface area contributed by atoms with E-state index < -0.39 is 0 Å². The third kappa shape index (κ3) is 1.81. The number of ketones is 1. The van der Waals surface area contributed by atoms with Crippen LogP contribution >= 0.6 is 11.8 Å². The van der Waals surface area contributed by atoms with Crippen LogP contribution in [0.4, 0.5) is 0 Å². The predicted molar refractivity (Wildman–Crippen MR) is 86.4 cm³/mol. The van der Waals surface area contributed by atoms with Gasteiger partial charge in [0.25, 0.3) is 0 Å². The molecule has 1 fully saturated rings. The Hall–Kier alpha value is -1.62. The molecule has 4 rings (SSSR count). The van der Waals surface area contributed by atoms with Crippen LogP contribution < -0.4 is 0 Å². The third-order valence-electron chi connectivity index (χ3n) is 5.55. The molecule has 3 aliphatic rings. The van der Waals surface area contributed by atoms with Gasteiger partial charge in [0.2, 0.25) is 0 Å². The molecule has 0 bridgehead atoms. The number of Topliss-reactive ketones (excluding diaryl/α,β-unsaturated/α-hetero) is 1. The Morgan fingerprint density at radius 2 is 2.18 bits per heavy atom. The van der Waals surface area contributed by atoms with Gasteiger partial charge < -0.3 is 0 Å². The fourth-order valence-corrected chi connectivity index (χ4v) is 4.84. The van der Waals surface area contributed by atoms with E-state index in [-0.39, 0.29) is 11.3 Å².